The van der Waals surface area contributed by atoms with E-state index in [1.165, 1.54) is 0 Å². The van der Waals surface area contributed by atoms with Crippen molar-refractivity contribution < 1.29 is 9.53 Å². The predicted molar refractivity (Wildman–Crippen MR) is 104 cm³/mol. The highest BCUT2D eigenvalue weighted by Crippen LogP contribution is 2.32. The predicted octanol–water partition coefficient (Wildman–Crippen LogP) is 1.75. The zero-order valence-corrected chi connectivity index (χ0v) is 16.0. The van der Waals surface area contributed by atoms with E-state index in [1.807, 2.05) is 18.2 Å². The summed E-state index contributed by atoms with van der Waals surface area (Å²) in [6, 6.07) is 8.78. The topological polar surface area (TPSA) is 82.2 Å². The third-order valence-electron chi connectivity index (χ3n) is 5.26. The molecule has 1 aliphatic rings. The van der Waals surface area contributed by atoms with E-state index in [9.17, 15) is 9.59 Å². The minimum absolute atomic E-state index is 0.0943. The number of carbonyl (C=O) groups is 1. The molecule has 3 aromatic rings. The quantitative estimate of drug-likeness (QED) is 0.673. The smallest absolute Gasteiger partial charge is 0.272 e. The first-order chi connectivity index (χ1) is 13.6. The minimum atomic E-state index is -0.253. The Morgan fingerprint density at radius 3 is 2.86 bits per heavy atom. The summed E-state index contributed by atoms with van der Waals surface area (Å²) >= 11 is 0. The molecule has 2 aromatic heterocycles. The van der Waals surface area contributed by atoms with Crippen LogP contribution in [0.25, 0.3) is 10.9 Å². The highest BCUT2D eigenvalue weighted by atomic mass is 16.5. The van der Waals surface area contributed by atoms with Crippen LogP contribution in [0.5, 0.6) is 0 Å². The van der Waals surface area contributed by atoms with Crippen LogP contribution in [0.4, 0.5) is 0 Å². The minimum Gasteiger partial charge on any atom is -0.383 e. The van der Waals surface area contributed by atoms with Crippen LogP contribution in [0.1, 0.15) is 35.2 Å². The standard InChI is InChI=1S/C20H23N5O3/c1-23-17(9-10-21-23)20(27)24-11-5-8-16(24)18-22-15-7-4-3-6-14(15)19(26)25(18)12-13-28-2/h3-4,6-7,9-10,16H,5,8,11-13H2,1-2H3. The second kappa shape index (κ2) is 7.55. The van der Waals surface area contributed by atoms with Crippen LogP contribution in [-0.2, 0) is 18.3 Å². The number of para-hydroxylation sites is 1. The van der Waals surface area contributed by atoms with Crippen molar-refractivity contribution in [3.05, 3.63) is 58.4 Å². The van der Waals surface area contributed by atoms with Crippen molar-refractivity contribution in [2.75, 3.05) is 20.3 Å². The molecule has 1 atom stereocenters. The molecule has 1 saturated heterocycles. The van der Waals surface area contributed by atoms with Gasteiger partial charge in [-0.25, -0.2) is 4.98 Å². The van der Waals surface area contributed by atoms with Gasteiger partial charge in [-0.3, -0.25) is 18.8 Å². The van der Waals surface area contributed by atoms with E-state index in [0.717, 1.165) is 12.8 Å². The van der Waals surface area contributed by atoms with Crippen molar-refractivity contribution in [2.24, 2.45) is 7.05 Å². The number of ether oxygens (including phenoxy) is 1. The molecule has 0 spiro atoms. The second-order valence-corrected chi connectivity index (χ2v) is 6.93. The lowest BCUT2D eigenvalue weighted by molar-refractivity contribution is 0.0714. The molecule has 0 saturated carbocycles. The van der Waals surface area contributed by atoms with Gasteiger partial charge in [0.1, 0.15) is 11.5 Å². The molecule has 1 aliphatic heterocycles. The van der Waals surface area contributed by atoms with E-state index in [1.54, 1.807) is 46.6 Å². The molecular weight excluding hydrogens is 358 g/mol. The van der Waals surface area contributed by atoms with Gasteiger partial charge in [-0.15, -0.1) is 0 Å². The van der Waals surface area contributed by atoms with Crippen molar-refractivity contribution in [1.29, 1.82) is 0 Å². The summed E-state index contributed by atoms with van der Waals surface area (Å²) in [4.78, 5) is 32.8. The molecule has 146 valence electrons. The Kier molecular flexibility index (Phi) is 4.95. The van der Waals surface area contributed by atoms with Gasteiger partial charge in [0.25, 0.3) is 11.5 Å². The second-order valence-electron chi connectivity index (χ2n) is 6.93. The Balaban J connectivity index is 1.81. The molecule has 0 N–H and O–H groups in total. The third kappa shape index (κ3) is 3.09. The summed E-state index contributed by atoms with van der Waals surface area (Å²) in [5.41, 5.74) is 1.08. The molecule has 1 aromatic carbocycles. The maximum atomic E-state index is 13.1. The van der Waals surface area contributed by atoms with Gasteiger partial charge < -0.3 is 9.64 Å². The van der Waals surface area contributed by atoms with Gasteiger partial charge in [-0.05, 0) is 31.0 Å². The molecule has 28 heavy (non-hydrogen) atoms. The molecule has 4 rings (SSSR count). The van der Waals surface area contributed by atoms with Crippen molar-refractivity contribution in [3.63, 3.8) is 0 Å². The lowest BCUT2D eigenvalue weighted by atomic mass is 10.1. The number of carbonyl (C=O) groups excluding carboxylic acids is 1. The molecule has 0 aliphatic carbocycles. The summed E-state index contributed by atoms with van der Waals surface area (Å²) < 4.78 is 8.43. The average Bonchev–Trinajstić information content (AvgIpc) is 3.36. The number of methoxy groups -OCH3 is 1. The molecule has 1 unspecified atom stereocenters. The maximum absolute atomic E-state index is 13.1. The largest absolute Gasteiger partial charge is 0.383 e. The fourth-order valence-electron chi connectivity index (χ4n) is 3.85. The van der Waals surface area contributed by atoms with Crippen LogP contribution in [-0.4, -0.2) is 50.4 Å². The summed E-state index contributed by atoms with van der Waals surface area (Å²) in [5, 5.41) is 4.68. The molecule has 1 amide bonds. The summed E-state index contributed by atoms with van der Waals surface area (Å²) in [6.07, 6.45) is 3.24. The molecule has 0 radical (unpaired) electrons. The van der Waals surface area contributed by atoms with E-state index in [4.69, 9.17) is 9.72 Å². The first-order valence-electron chi connectivity index (χ1n) is 9.39. The van der Waals surface area contributed by atoms with Crippen molar-refractivity contribution in [1.82, 2.24) is 24.2 Å². The molecular formula is C20H23N5O3. The lowest BCUT2D eigenvalue weighted by Crippen LogP contribution is -2.36. The average molecular weight is 381 g/mol. The normalized spacial score (nSPS) is 16.8. The highest BCUT2D eigenvalue weighted by molar-refractivity contribution is 5.93. The SMILES string of the molecule is COCCn1c(C2CCCN2C(=O)c2ccnn2C)nc2ccccc2c1=O. The van der Waals surface area contributed by atoms with Crippen LogP contribution in [0.3, 0.4) is 0 Å². The van der Waals surface area contributed by atoms with Crippen LogP contribution in [0.15, 0.2) is 41.3 Å². The number of likely N-dealkylation sites (tertiary alicyclic amines) is 1. The number of benzene rings is 1. The van der Waals surface area contributed by atoms with E-state index >= 15 is 0 Å². The van der Waals surface area contributed by atoms with Gasteiger partial charge >= 0.3 is 0 Å². The lowest BCUT2D eigenvalue weighted by Gasteiger charge is -2.26. The van der Waals surface area contributed by atoms with E-state index in [0.29, 0.717) is 42.1 Å². The number of aromatic nitrogens is 4. The number of hydrogen-bond acceptors (Lipinski definition) is 5. The van der Waals surface area contributed by atoms with Gasteiger partial charge in [-0.1, -0.05) is 12.1 Å². The zero-order valence-electron chi connectivity index (χ0n) is 16.0. The van der Waals surface area contributed by atoms with Gasteiger partial charge in [0.15, 0.2) is 0 Å². The molecule has 3 heterocycles. The number of nitrogens with zero attached hydrogens (tertiary/aromatic N) is 5. The summed E-state index contributed by atoms with van der Waals surface area (Å²) in [7, 11) is 3.36. The number of rotatable bonds is 5. The Morgan fingerprint density at radius 2 is 2.11 bits per heavy atom. The fourth-order valence-corrected chi connectivity index (χ4v) is 3.85. The molecule has 0 bridgehead atoms. The Bertz CT molecular complexity index is 1070. The first kappa shape index (κ1) is 18.4. The van der Waals surface area contributed by atoms with Crippen LogP contribution in [0, 0.1) is 0 Å². The van der Waals surface area contributed by atoms with Gasteiger partial charge in [0.05, 0.1) is 30.1 Å². The Hall–Kier alpha value is -3.00. The van der Waals surface area contributed by atoms with Crippen molar-refractivity contribution >= 4 is 16.8 Å². The van der Waals surface area contributed by atoms with Gasteiger partial charge in [-0.2, -0.15) is 5.10 Å². The van der Waals surface area contributed by atoms with Crippen LogP contribution in [0.2, 0.25) is 0 Å². The number of fused-ring (bicyclic) bond motifs is 1. The van der Waals surface area contributed by atoms with E-state index in [-0.39, 0.29) is 17.5 Å². The summed E-state index contributed by atoms with van der Waals surface area (Å²) in [5.74, 6) is 0.525. The number of aryl methyl sites for hydroxylation is 1. The monoisotopic (exact) mass is 381 g/mol. The number of hydrogen-bond donors (Lipinski definition) is 0. The highest BCUT2D eigenvalue weighted by Gasteiger charge is 2.35. The van der Waals surface area contributed by atoms with Crippen molar-refractivity contribution in [3.8, 4) is 0 Å². The number of amides is 1. The third-order valence-corrected chi connectivity index (χ3v) is 5.26. The summed E-state index contributed by atoms with van der Waals surface area (Å²) in [6.45, 7) is 1.42. The fraction of sp³-hybridized carbons (Fsp3) is 0.400. The van der Waals surface area contributed by atoms with Crippen molar-refractivity contribution in [2.45, 2.75) is 25.4 Å². The first-order valence-corrected chi connectivity index (χ1v) is 9.39. The molecule has 8 heteroatoms. The molecule has 8 nitrogen and oxygen atoms in total. The maximum Gasteiger partial charge on any atom is 0.272 e. The Morgan fingerprint density at radius 1 is 1.29 bits per heavy atom. The Labute approximate surface area is 162 Å². The van der Waals surface area contributed by atoms with E-state index < -0.39 is 0 Å². The van der Waals surface area contributed by atoms with Gasteiger partial charge in [0.2, 0.25) is 0 Å². The van der Waals surface area contributed by atoms with Crippen LogP contribution >= 0.6 is 0 Å². The molecule has 1 fully saturated rings. The van der Waals surface area contributed by atoms with Crippen LogP contribution < -0.4 is 5.56 Å². The van der Waals surface area contributed by atoms with Gasteiger partial charge in [0, 0.05) is 26.9 Å². The van der Waals surface area contributed by atoms with E-state index in [2.05, 4.69) is 5.10 Å². The zero-order chi connectivity index (χ0) is 19.7.